The van der Waals surface area contributed by atoms with E-state index in [1.54, 1.807) is 0 Å². The van der Waals surface area contributed by atoms with Gasteiger partial charge in [0.05, 0.1) is 11.3 Å². The van der Waals surface area contributed by atoms with Crippen molar-refractivity contribution in [1.82, 2.24) is 10.2 Å². The summed E-state index contributed by atoms with van der Waals surface area (Å²) in [6, 6.07) is 3.89. The molecule has 0 spiro atoms. The Morgan fingerprint density at radius 1 is 1.21 bits per heavy atom. The fourth-order valence-electron chi connectivity index (χ4n) is 2.10. The van der Waals surface area contributed by atoms with E-state index in [0.717, 1.165) is 27.0 Å². The number of nitrogens with one attached hydrogen (secondary N) is 2. The van der Waals surface area contributed by atoms with Crippen LogP contribution in [-0.4, -0.2) is 16.1 Å². The molecule has 0 fully saturated rings. The van der Waals surface area contributed by atoms with Gasteiger partial charge in [0.25, 0.3) is 5.91 Å². The normalized spacial score (nSPS) is 10.6. The molecule has 2 rings (SSSR count). The number of amides is 1. The maximum atomic E-state index is 12.2. The van der Waals surface area contributed by atoms with Crippen molar-refractivity contribution in [3.05, 3.63) is 44.7 Å². The van der Waals surface area contributed by atoms with E-state index in [2.05, 4.69) is 31.4 Å². The molecule has 0 unspecified atom stereocenters. The van der Waals surface area contributed by atoms with Crippen LogP contribution in [0.2, 0.25) is 0 Å². The van der Waals surface area contributed by atoms with Gasteiger partial charge in [-0.2, -0.15) is 5.10 Å². The van der Waals surface area contributed by atoms with Crippen molar-refractivity contribution >= 4 is 27.5 Å². The SMILES string of the molecule is Cc1cc(NC(=O)c2c(C)n[nH]c2C)cc(C)c1Br. The second-order valence-electron chi connectivity index (χ2n) is 4.69. The first kappa shape index (κ1) is 13.8. The number of aromatic nitrogens is 2. The summed E-state index contributed by atoms with van der Waals surface area (Å²) in [6.45, 7) is 7.66. The van der Waals surface area contributed by atoms with Crippen LogP contribution < -0.4 is 5.32 Å². The van der Waals surface area contributed by atoms with E-state index in [0.29, 0.717) is 11.3 Å². The fraction of sp³-hybridized carbons (Fsp3) is 0.286. The second-order valence-corrected chi connectivity index (χ2v) is 5.48. The molecule has 1 aromatic heterocycles. The van der Waals surface area contributed by atoms with E-state index in [4.69, 9.17) is 0 Å². The Morgan fingerprint density at radius 2 is 1.79 bits per heavy atom. The monoisotopic (exact) mass is 321 g/mol. The van der Waals surface area contributed by atoms with Crippen molar-refractivity contribution in [3.63, 3.8) is 0 Å². The number of nitrogens with zero attached hydrogens (tertiary/aromatic N) is 1. The van der Waals surface area contributed by atoms with Gasteiger partial charge in [0, 0.05) is 15.9 Å². The number of halogens is 1. The fourth-order valence-corrected chi connectivity index (χ4v) is 2.33. The van der Waals surface area contributed by atoms with E-state index in [-0.39, 0.29) is 5.91 Å². The Hall–Kier alpha value is -1.62. The number of hydrogen-bond donors (Lipinski definition) is 2. The summed E-state index contributed by atoms with van der Waals surface area (Å²) in [6.07, 6.45) is 0. The summed E-state index contributed by atoms with van der Waals surface area (Å²) in [5, 5.41) is 9.77. The minimum Gasteiger partial charge on any atom is -0.322 e. The number of H-pyrrole nitrogens is 1. The Labute approximate surface area is 120 Å². The average molecular weight is 322 g/mol. The van der Waals surface area contributed by atoms with Crippen LogP contribution in [0.4, 0.5) is 5.69 Å². The Bertz CT molecular complexity index is 604. The molecule has 0 radical (unpaired) electrons. The van der Waals surface area contributed by atoms with Crippen LogP contribution in [0.3, 0.4) is 0 Å². The number of aromatic amines is 1. The third kappa shape index (κ3) is 2.71. The molecule has 4 nitrogen and oxygen atoms in total. The highest BCUT2D eigenvalue weighted by molar-refractivity contribution is 9.10. The van der Waals surface area contributed by atoms with Gasteiger partial charge in [0.15, 0.2) is 0 Å². The number of benzene rings is 1. The second kappa shape index (κ2) is 5.17. The van der Waals surface area contributed by atoms with Crippen LogP contribution in [0, 0.1) is 27.7 Å². The molecule has 0 saturated heterocycles. The van der Waals surface area contributed by atoms with Crippen molar-refractivity contribution in [2.75, 3.05) is 5.32 Å². The molecule has 0 atom stereocenters. The largest absolute Gasteiger partial charge is 0.322 e. The zero-order valence-electron chi connectivity index (χ0n) is 11.4. The lowest BCUT2D eigenvalue weighted by atomic mass is 10.1. The van der Waals surface area contributed by atoms with Gasteiger partial charge < -0.3 is 5.32 Å². The van der Waals surface area contributed by atoms with Gasteiger partial charge in [-0.05, 0) is 51.0 Å². The molecule has 0 aliphatic heterocycles. The topological polar surface area (TPSA) is 57.8 Å². The number of rotatable bonds is 2. The number of anilines is 1. The zero-order valence-corrected chi connectivity index (χ0v) is 13.0. The van der Waals surface area contributed by atoms with Crippen molar-refractivity contribution in [2.24, 2.45) is 0 Å². The molecule has 2 aromatic rings. The third-order valence-electron chi connectivity index (χ3n) is 3.05. The van der Waals surface area contributed by atoms with E-state index in [1.165, 1.54) is 0 Å². The zero-order chi connectivity index (χ0) is 14.2. The molecule has 5 heteroatoms. The van der Waals surface area contributed by atoms with E-state index in [9.17, 15) is 4.79 Å². The summed E-state index contributed by atoms with van der Waals surface area (Å²) in [7, 11) is 0. The number of carbonyl (C=O) groups is 1. The van der Waals surface area contributed by atoms with E-state index in [1.807, 2.05) is 39.8 Å². The molecule has 0 bridgehead atoms. The van der Waals surface area contributed by atoms with Gasteiger partial charge in [0.2, 0.25) is 0 Å². The van der Waals surface area contributed by atoms with E-state index >= 15 is 0 Å². The molecule has 1 aromatic carbocycles. The van der Waals surface area contributed by atoms with Gasteiger partial charge >= 0.3 is 0 Å². The summed E-state index contributed by atoms with van der Waals surface area (Å²) in [5.41, 5.74) is 5.08. The van der Waals surface area contributed by atoms with Gasteiger partial charge in [-0.3, -0.25) is 9.89 Å². The quantitative estimate of drug-likeness (QED) is 0.886. The standard InChI is InChI=1S/C14H16BrN3O/c1-7-5-11(6-8(2)13(7)15)16-14(19)12-9(3)17-18-10(12)4/h5-6H,1-4H3,(H,16,19)(H,17,18). The lowest BCUT2D eigenvalue weighted by Crippen LogP contribution is -2.14. The first-order valence-electron chi connectivity index (χ1n) is 6.00. The molecule has 0 aliphatic carbocycles. The maximum absolute atomic E-state index is 12.2. The van der Waals surface area contributed by atoms with E-state index < -0.39 is 0 Å². The van der Waals surface area contributed by atoms with Crippen molar-refractivity contribution in [1.29, 1.82) is 0 Å². The Kier molecular flexibility index (Phi) is 3.75. The van der Waals surface area contributed by atoms with Gasteiger partial charge in [0.1, 0.15) is 0 Å². The van der Waals surface area contributed by atoms with Crippen LogP contribution in [0.5, 0.6) is 0 Å². The minimum atomic E-state index is -0.134. The first-order chi connectivity index (χ1) is 8.90. The smallest absolute Gasteiger partial charge is 0.259 e. The highest BCUT2D eigenvalue weighted by Gasteiger charge is 2.15. The predicted octanol–water partition coefficient (Wildman–Crippen LogP) is 3.66. The van der Waals surface area contributed by atoms with Gasteiger partial charge in [-0.15, -0.1) is 0 Å². The molecule has 1 heterocycles. The lowest BCUT2D eigenvalue weighted by Gasteiger charge is -2.09. The van der Waals surface area contributed by atoms with Crippen LogP contribution in [0.1, 0.15) is 32.9 Å². The molecule has 0 saturated carbocycles. The molecule has 19 heavy (non-hydrogen) atoms. The van der Waals surface area contributed by atoms with Crippen molar-refractivity contribution in [3.8, 4) is 0 Å². The van der Waals surface area contributed by atoms with Crippen LogP contribution >= 0.6 is 15.9 Å². The third-order valence-corrected chi connectivity index (χ3v) is 4.30. The van der Waals surface area contributed by atoms with Gasteiger partial charge in [-0.1, -0.05) is 15.9 Å². The molecular formula is C14H16BrN3O. The van der Waals surface area contributed by atoms with Crippen molar-refractivity contribution < 1.29 is 4.79 Å². The summed E-state index contributed by atoms with van der Waals surface area (Å²) < 4.78 is 1.07. The minimum absolute atomic E-state index is 0.134. The number of carbonyl (C=O) groups excluding carboxylic acids is 1. The Morgan fingerprint density at radius 3 is 2.26 bits per heavy atom. The highest BCUT2D eigenvalue weighted by atomic mass is 79.9. The summed E-state index contributed by atoms with van der Waals surface area (Å²) >= 11 is 3.51. The molecule has 100 valence electrons. The molecular weight excluding hydrogens is 306 g/mol. The molecule has 0 aliphatic rings. The molecule has 2 N–H and O–H groups in total. The Balaban J connectivity index is 2.30. The lowest BCUT2D eigenvalue weighted by molar-refractivity contribution is 0.102. The molecule has 1 amide bonds. The first-order valence-corrected chi connectivity index (χ1v) is 6.79. The number of aryl methyl sites for hydroxylation is 4. The maximum Gasteiger partial charge on any atom is 0.259 e. The van der Waals surface area contributed by atoms with Crippen LogP contribution in [0.15, 0.2) is 16.6 Å². The highest BCUT2D eigenvalue weighted by Crippen LogP contribution is 2.25. The van der Waals surface area contributed by atoms with Crippen LogP contribution in [0.25, 0.3) is 0 Å². The average Bonchev–Trinajstić information content (AvgIpc) is 2.66. The number of hydrogen-bond acceptors (Lipinski definition) is 2. The van der Waals surface area contributed by atoms with Crippen molar-refractivity contribution in [2.45, 2.75) is 27.7 Å². The summed E-state index contributed by atoms with van der Waals surface area (Å²) in [5.74, 6) is -0.134. The van der Waals surface area contributed by atoms with Crippen LogP contribution in [-0.2, 0) is 0 Å². The van der Waals surface area contributed by atoms with Gasteiger partial charge in [-0.25, -0.2) is 0 Å². The predicted molar refractivity (Wildman–Crippen MR) is 79.6 cm³/mol. The summed E-state index contributed by atoms with van der Waals surface area (Å²) in [4.78, 5) is 12.2.